The van der Waals surface area contributed by atoms with Crippen molar-refractivity contribution in [2.24, 2.45) is 0 Å². The fourth-order valence-electron chi connectivity index (χ4n) is 1.36. The molecule has 0 spiro atoms. The van der Waals surface area contributed by atoms with Crippen LogP contribution in [0.3, 0.4) is 0 Å². The first-order valence-corrected chi connectivity index (χ1v) is 7.49. The van der Waals surface area contributed by atoms with E-state index in [1.54, 1.807) is 11.8 Å². The lowest BCUT2D eigenvalue weighted by atomic mass is 10.4. The molecule has 0 radical (unpaired) electrons. The SMILES string of the molecule is COC(=O)c1sc(N(C)C(C)CSC)nc1C. The van der Waals surface area contributed by atoms with Gasteiger partial charge in [0.05, 0.1) is 12.8 Å². The van der Waals surface area contributed by atoms with E-state index in [1.807, 2.05) is 14.0 Å². The molecule has 1 atom stereocenters. The van der Waals surface area contributed by atoms with Crippen molar-refractivity contribution >= 4 is 34.2 Å². The Kier molecular flexibility index (Phi) is 5.27. The van der Waals surface area contributed by atoms with Gasteiger partial charge in [0, 0.05) is 18.8 Å². The van der Waals surface area contributed by atoms with Crippen LogP contribution < -0.4 is 4.90 Å². The molecule has 1 heterocycles. The quantitative estimate of drug-likeness (QED) is 0.771. The van der Waals surface area contributed by atoms with Gasteiger partial charge in [-0.05, 0) is 20.1 Å². The summed E-state index contributed by atoms with van der Waals surface area (Å²) in [7, 11) is 3.39. The molecule has 1 rings (SSSR count). The minimum Gasteiger partial charge on any atom is -0.465 e. The van der Waals surface area contributed by atoms with Crippen LogP contribution in [0.1, 0.15) is 22.3 Å². The van der Waals surface area contributed by atoms with Crippen molar-refractivity contribution in [2.45, 2.75) is 19.9 Å². The molecule has 17 heavy (non-hydrogen) atoms. The standard InChI is InChI=1S/C11H18N2O2S2/c1-7(6-16-5)13(3)11-12-8(2)9(17-11)10(14)15-4/h7H,6H2,1-5H3. The maximum atomic E-state index is 11.5. The van der Waals surface area contributed by atoms with E-state index in [4.69, 9.17) is 4.74 Å². The number of hydrogen-bond acceptors (Lipinski definition) is 6. The third-order valence-corrected chi connectivity index (χ3v) is 4.57. The number of thiazole rings is 1. The Balaban J connectivity index is 2.89. The lowest BCUT2D eigenvalue weighted by Crippen LogP contribution is -2.30. The average molecular weight is 274 g/mol. The number of methoxy groups -OCH3 is 1. The number of esters is 1. The van der Waals surface area contributed by atoms with Crippen molar-refractivity contribution in [1.82, 2.24) is 4.98 Å². The van der Waals surface area contributed by atoms with E-state index < -0.39 is 0 Å². The lowest BCUT2D eigenvalue weighted by Gasteiger charge is -2.23. The Labute approximate surface area is 110 Å². The molecular weight excluding hydrogens is 256 g/mol. The van der Waals surface area contributed by atoms with Gasteiger partial charge in [-0.1, -0.05) is 11.3 Å². The molecule has 4 nitrogen and oxygen atoms in total. The van der Waals surface area contributed by atoms with E-state index in [2.05, 4.69) is 23.1 Å². The molecule has 1 aromatic heterocycles. The summed E-state index contributed by atoms with van der Waals surface area (Å²) in [6.45, 7) is 3.98. The van der Waals surface area contributed by atoms with Crippen LogP contribution in [0, 0.1) is 6.92 Å². The van der Waals surface area contributed by atoms with Crippen LogP contribution in [0.5, 0.6) is 0 Å². The van der Waals surface area contributed by atoms with Gasteiger partial charge in [-0.2, -0.15) is 11.8 Å². The molecule has 0 aliphatic carbocycles. The van der Waals surface area contributed by atoms with Crippen molar-refractivity contribution in [1.29, 1.82) is 0 Å². The zero-order valence-corrected chi connectivity index (χ0v) is 12.4. The summed E-state index contributed by atoms with van der Waals surface area (Å²) in [5.74, 6) is 0.722. The van der Waals surface area contributed by atoms with Gasteiger partial charge in [0.1, 0.15) is 4.88 Å². The van der Waals surface area contributed by atoms with Crippen LogP contribution in [0.4, 0.5) is 5.13 Å². The topological polar surface area (TPSA) is 42.4 Å². The summed E-state index contributed by atoms with van der Waals surface area (Å²) in [6, 6.07) is 0.390. The minimum absolute atomic E-state index is 0.308. The normalized spacial score (nSPS) is 12.3. The number of hydrogen-bond donors (Lipinski definition) is 0. The van der Waals surface area contributed by atoms with Gasteiger partial charge in [-0.25, -0.2) is 9.78 Å². The van der Waals surface area contributed by atoms with Crippen molar-refractivity contribution in [3.8, 4) is 0 Å². The van der Waals surface area contributed by atoms with Crippen LogP contribution >= 0.6 is 23.1 Å². The summed E-state index contributed by atoms with van der Waals surface area (Å²) in [6.07, 6.45) is 2.08. The van der Waals surface area contributed by atoms with E-state index in [0.717, 1.165) is 16.6 Å². The second-order valence-electron chi connectivity index (χ2n) is 3.82. The molecule has 96 valence electrons. The number of aryl methyl sites for hydroxylation is 1. The van der Waals surface area contributed by atoms with Gasteiger partial charge in [-0.15, -0.1) is 0 Å². The van der Waals surface area contributed by atoms with Gasteiger partial charge in [0.25, 0.3) is 0 Å². The first-order valence-electron chi connectivity index (χ1n) is 5.28. The highest BCUT2D eigenvalue weighted by molar-refractivity contribution is 7.98. The first kappa shape index (κ1) is 14.3. The van der Waals surface area contributed by atoms with E-state index in [-0.39, 0.29) is 5.97 Å². The van der Waals surface area contributed by atoms with Crippen LogP contribution in [0.25, 0.3) is 0 Å². The van der Waals surface area contributed by atoms with Crippen LogP contribution in [-0.4, -0.2) is 43.2 Å². The smallest absolute Gasteiger partial charge is 0.350 e. The molecule has 0 N–H and O–H groups in total. The average Bonchev–Trinajstić information content (AvgIpc) is 2.69. The number of rotatable bonds is 5. The molecule has 0 fully saturated rings. The molecule has 1 aromatic rings. The monoisotopic (exact) mass is 274 g/mol. The largest absolute Gasteiger partial charge is 0.465 e. The summed E-state index contributed by atoms with van der Waals surface area (Å²) in [4.78, 5) is 18.6. The molecule has 6 heteroatoms. The Morgan fingerprint density at radius 1 is 1.65 bits per heavy atom. The van der Waals surface area contributed by atoms with Crippen LogP contribution in [-0.2, 0) is 4.74 Å². The Hall–Kier alpha value is -0.750. The molecule has 0 aliphatic rings. The second kappa shape index (κ2) is 6.26. The molecule has 0 bridgehead atoms. The van der Waals surface area contributed by atoms with Gasteiger partial charge < -0.3 is 9.64 Å². The predicted octanol–water partition coefficient (Wildman–Crippen LogP) is 2.43. The van der Waals surface area contributed by atoms with Crippen molar-refractivity contribution in [2.75, 3.05) is 31.1 Å². The third kappa shape index (κ3) is 3.35. The Bertz CT molecular complexity index is 393. The fraction of sp³-hybridized carbons (Fsp3) is 0.636. The van der Waals surface area contributed by atoms with Gasteiger partial charge in [-0.3, -0.25) is 0 Å². The number of carbonyl (C=O) groups is 1. The van der Waals surface area contributed by atoms with E-state index >= 15 is 0 Å². The summed E-state index contributed by atoms with van der Waals surface area (Å²) >= 11 is 3.18. The highest BCUT2D eigenvalue weighted by Crippen LogP contribution is 2.27. The van der Waals surface area contributed by atoms with Crippen molar-refractivity contribution < 1.29 is 9.53 Å². The Morgan fingerprint density at radius 3 is 2.82 bits per heavy atom. The number of ether oxygens (including phenoxy) is 1. The molecule has 0 saturated carbocycles. The third-order valence-electron chi connectivity index (χ3n) is 2.53. The van der Waals surface area contributed by atoms with Crippen LogP contribution in [0.15, 0.2) is 0 Å². The molecule has 0 aliphatic heterocycles. The van der Waals surface area contributed by atoms with Gasteiger partial charge in [0.2, 0.25) is 0 Å². The maximum Gasteiger partial charge on any atom is 0.350 e. The highest BCUT2D eigenvalue weighted by Gasteiger charge is 2.19. The second-order valence-corrected chi connectivity index (χ2v) is 5.71. The van der Waals surface area contributed by atoms with E-state index in [1.165, 1.54) is 18.4 Å². The predicted molar refractivity (Wildman–Crippen MR) is 74.4 cm³/mol. The van der Waals surface area contributed by atoms with E-state index in [9.17, 15) is 4.79 Å². The van der Waals surface area contributed by atoms with Gasteiger partial charge in [0.15, 0.2) is 5.13 Å². The zero-order valence-electron chi connectivity index (χ0n) is 10.8. The molecule has 0 aromatic carbocycles. The molecule has 1 unspecified atom stereocenters. The molecule has 0 amide bonds. The van der Waals surface area contributed by atoms with E-state index in [0.29, 0.717) is 10.9 Å². The summed E-state index contributed by atoms with van der Waals surface area (Å²) < 4.78 is 4.73. The number of nitrogens with zero attached hydrogens (tertiary/aromatic N) is 2. The number of anilines is 1. The lowest BCUT2D eigenvalue weighted by molar-refractivity contribution is 0.0605. The number of aromatic nitrogens is 1. The highest BCUT2D eigenvalue weighted by atomic mass is 32.2. The van der Waals surface area contributed by atoms with Crippen molar-refractivity contribution in [3.05, 3.63) is 10.6 Å². The summed E-state index contributed by atoms with van der Waals surface area (Å²) in [5.41, 5.74) is 0.736. The Morgan fingerprint density at radius 2 is 2.29 bits per heavy atom. The molecule has 0 saturated heterocycles. The van der Waals surface area contributed by atoms with Gasteiger partial charge >= 0.3 is 5.97 Å². The zero-order chi connectivity index (χ0) is 13.0. The summed E-state index contributed by atoms with van der Waals surface area (Å²) in [5, 5.41) is 0.865. The molecular formula is C11H18N2O2S2. The van der Waals surface area contributed by atoms with Crippen molar-refractivity contribution in [3.63, 3.8) is 0 Å². The number of carbonyl (C=O) groups excluding carboxylic acids is 1. The first-order chi connectivity index (χ1) is 8.01. The number of thioether (sulfide) groups is 1. The van der Waals surface area contributed by atoms with Crippen LogP contribution in [0.2, 0.25) is 0 Å². The fourth-order valence-corrected chi connectivity index (χ4v) is 3.11. The maximum absolute atomic E-state index is 11.5. The minimum atomic E-state index is -0.308.